The van der Waals surface area contributed by atoms with Crippen molar-refractivity contribution in [2.24, 2.45) is 0 Å². The van der Waals surface area contributed by atoms with E-state index in [1.807, 2.05) is 54.6 Å². The Bertz CT molecular complexity index is 941. The maximum Gasteiger partial charge on any atom is 0.228 e. The van der Waals surface area contributed by atoms with E-state index in [2.05, 4.69) is 29.4 Å². The van der Waals surface area contributed by atoms with Crippen molar-refractivity contribution in [1.29, 1.82) is 0 Å². The van der Waals surface area contributed by atoms with E-state index in [1.54, 1.807) is 0 Å². The third-order valence-electron chi connectivity index (χ3n) is 4.15. The number of aromatic amines is 1. The summed E-state index contributed by atoms with van der Waals surface area (Å²) in [5.74, 6) is 0.636. The number of nitrogens with one attached hydrogen (secondary N) is 1. The van der Waals surface area contributed by atoms with Crippen molar-refractivity contribution in [1.82, 2.24) is 24.8 Å². The fourth-order valence-corrected chi connectivity index (χ4v) is 3.21. The van der Waals surface area contributed by atoms with Crippen LogP contribution in [-0.2, 0) is 0 Å². The van der Waals surface area contributed by atoms with Crippen LogP contribution in [0.3, 0.4) is 0 Å². The van der Waals surface area contributed by atoms with Gasteiger partial charge in [0.2, 0.25) is 5.88 Å². The second kappa shape index (κ2) is 7.21. The lowest BCUT2D eigenvalue weighted by atomic mass is 10.3. The summed E-state index contributed by atoms with van der Waals surface area (Å²) in [6.45, 7) is 2.56. The smallest absolute Gasteiger partial charge is 0.228 e. The molecule has 4 aromatic rings. The second-order valence-electron chi connectivity index (χ2n) is 6.01. The molecule has 1 aliphatic rings. The lowest BCUT2D eigenvalue weighted by molar-refractivity contribution is 0.177. The Labute approximate surface area is 148 Å². The van der Waals surface area contributed by atoms with E-state index in [0.29, 0.717) is 5.88 Å². The normalized spacial score (nSPS) is 14.6. The third kappa shape index (κ3) is 3.65. The van der Waals surface area contributed by atoms with Crippen LogP contribution in [0.25, 0.3) is 21.9 Å². The van der Waals surface area contributed by atoms with Gasteiger partial charge in [0.05, 0.1) is 0 Å². The zero-order valence-electron chi connectivity index (χ0n) is 13.8. The molecule has 5 rings (SSSR count). The van der Waals surface area contributed by atoms with E-state index in [1.165, 1.54) is 30.8 Å². The fourth-order valence-electron chi connectivity index (χ4n) is 2.85. The number of benzene rings is 2. The summed E-state index contributed by atoms with van der Waals surface area (Å²) in [5, 5.41) is 9.13. The van der Waals surface area contributed by atoms with E-state index in [4.69, 9.17) is 4.84 Å². The first kappa shape index (κ1) is 16.1. The van der Waals surface area contributed by atoms with Crippen LogP contribution in [0.5, 0.6) is 5.88 Å². The maximum absolute atomic E-state index is 5.70. The summed E-state index contributed by atoms with van der Waals surface area (Å²) < 4.78 is 2.28. The monoisotopic (exact) mass is 353 g/mol. The molecular formula is C18H20N5OP. The van der Waals surface area contributed by atoms with Crippen LogP contribution in [0.4, 0.5) is 0 Å². The standard InChI is InChI=1S/C14H10N4O.C4H10NP/c1-2-6-11-10(5-1)9-14(15-11)19-18-13-8-4-3-7-12(13)16-17-18;6-5-3-1-2-4-5/h1-9,15H;1-4,6H2. The van der Waals surface area contributed by atoms with Crippen LogP contribution in [0.1, 0.15) is 12.8 Å². The topological polar surface area (TPSA) is 59.0 Å². The summed E-state index contributed by atoms with van der Waals surface area (Å²) in [5.41, 5.74) is 2.67. The first-order valence-corrected chi connectivity index (χ1v) is 8.87. The molecule has 1 atom stereocenters. The van der Waals surface area contributed by atoms with Gasteiger partial charge in [-0.05, 0) is 36.3 Å². The Kier molecular flexibility index (Phi) is 4.63. The molecule has 3 heterocycles. The van der Waals surface area contributed by atoms with Crippen LogP contribution in [0, 0.1) is 0 Å². The molecule has 7 heteroatoms. The number of hydrogen-bond acceptors (Lipinski definition) is 4. The van der Waals surface area contributed by atoms with Crippen molar-refractivity contribution in [3.8, 4) is 5.88 Å². The van der Waals surface area contributed by atoms with Gasteiger partial charge in [-0.2, -0.15) is 0 Å². The zero-order valence-corrected chi connectivity index (χ0v) is 15.0. The molecule has 1 saturated heterocycles. The average molecular weight is 353 g/mol. The highest BCUT2D eigenvalue weighted by Gasteiger charge is 2.07. The van der Waals surface area contributed by atoms with Crippen LogP contribution in [0.15, 0.2) is 54.6 Å². The molecule has 0 bridgehead atoms. The van der Waals surface area contributed by atoms with Crippen molar-refractivity contribution < 1.29 is 4.84 Å². The lowest BCUT2D eigenvalue weighted by Crippen LogP contribution is -2.07. The fraction of sp³-hybridized carbons (Fsp3) is 0.222. The predicted molar refractivity (Wildman–Crippen MR) is 102 cm³/mol. The number of aromatic nitrogens is 4. The molecule has 128 valence electrons. The van der Waals surface area contributed by atoms with Gasteiger partial charge >= 0.3 is 0 Å². The molecule has 0 radical (unpaired) electrons. The van der Waals surface area contributed by atoms with Gasteiger partial charge in [0.25, 0.3) is 0 Å². The molecule has 0 aliphatic carbocycles. The molecule has 0 saturated carbocycles. The second-order valence-corrected chi connectivity index (χ2v) is 6.74. The molecule has 1 unspecified atom stereocenters. The van der Waals surface area contributed by atoms with E-state index in [-0.39, 0.29) is 0 Å². The predicted octanol–water partition coefficient (Wildman–Crippen LogP) is 3.63. The SMILES string of the molecule is PN1CCCC1.c1ccc2[nH]c(On3nnc4ccccc43)cc2c1. The van der Waals surface area contributed by atoms with Crippen molar-refractivity contribution in [3.63, 3.8) is 0 Å². The van der Waals surface area contributed by atoms with Gasteiger partial charge in [0, 0.05) is 30.1 Å². The van der Waals surface area contributed by atoms with E-state index < -0.39 is 0 Å². The third-order valence-corrected chi connectivity index (χ3v) is 4.67. The van der Waals surface area contributed by atoms with Crippen molar-refractivity contribution in [2.45, 2.75) is 12.8 Å². The first-order chi connectivity index (χ1) is 12.3. The van der Waals surface area contributed by atoms with Crippen LogP contribution >= 0.6 is 9.39 Å². The minimum absolute atomic E-state index is 0.636. The summed E-state index contributed by atoms with van der Waals surface area (Å²) >= 11 is 0. The summed E-state index contributed by atoms with van der Waals surface area (Å²) in [6, 6.07) is 17.6. The zero-order chi connectivity index (χ0) is 17.1. The van der Waals surface area contributed by atoms with Crippen LogP contribution in [0.2, 0.25) is 0 Å². The minimum atomic E-state index is 0.636. The Balaban J connectivity index is 0.000000223. The molecule has 1 N–H and O–H groups in total. The number of rotatable bonds is 2. The summed E-state index contributed by atoms with van der Waals surface area (Å²) in [4.78, 5) is 10.3. The highest BCUT2D eigenvalue weighted by Crippen LogP contribution is 2.21. The van der Waals surface area contributed by atoms with E-state index >= 15 is 0 Å². The molecule has 1 fully saturated rings. The highest BCUT2D eigenvalue weighted by molar-refractivity contribution is 7.13. The molecule has 0 amide bonds. The van der Waals surface area contributed by atoms with Gasteiger partial charge in [-0.1, -0.05) is 44.6 Å². The molecule has 0 spiro atoms. The first-order valence-electron chi connectivity index (χ1n) is 8.36. The quantitative estimate of drug-likeness (QED) is 0.559. The van der Waals surface area contributed by atoms with Gasteiger partial charge in [0.15, 0.2) is 0 Å². The minimum Gasteiger partial charge on any atom is -0.338 e. The molecule has 2 aromatic carbocycles. The Morgan fingerprint density at radius 1 is 1.00 bits per heavy atom. The van der Waals surface area contributed by atoms with Gasteiger partial charge in [-0.25, -0.2) is 0 Å². The molecule has 2 aromatic heterocycles. The Morgan fingerprint density at radius 3 is 2.52 bits per heavy atom. The van der Waals surface area contributed by atoms with Gasteiger partial charge in [-0.15, -0.1) is 5.10 Å². The van der Waals surface area contributed by atoms with Crippen LogP contribution in [-0.4, -0.2) is 37.9 Å². The van der Waals surface area contributed by atoms with Crippen LogP contribution < -0.4 is 4.84 Å². The average Bonchev–Trinajstić information content (AvgIpc) is 3.36. The van der Waals surface area contributed by atoms with Crippen molar-refractivity contribution in [3.05, 3.63) is 54.6 Å². The number of para-hydroxylation sites is 2. The summed E-state index contributed by atoms with van der Waals surface area (Å²) in [6.07, 6.45) is 2.78. The molecule has 25 heavy (non-hydrogen) atoms. The molecule has 6 nitrogen and oxygen atoms in total. The molecule has 1 aliphatic heterocycles. The number of nitrogens with zero attached hydrogens (tertiary/aromatic N) is 4. The maximum atomic E-state index is 5.70. The number of hydrogen-bond donors (Lipinski definition) is 1. The number of H-pyrrole nitrogens is 1. The van der Waals surface area contributed by atoms with E-state index in [0.717, 1.165) is 21.9 Å². The van der Waals surface area contributed by atoms with Gasteiger partial charge in [0.1, 0.15) is 11.0 Å². The Morgan fingerprint density at radius 2 is 1.76 bits per heavy atom. The van der Waals surface area contributed by atoms with Gasteiger partial charge < -0.3 is 9.82 Å². The highest BCUT2D eigenvalue weighted by atomic mass is 31.0. The van der Waals surface area contributed by atoms with Crippen molar-refractivity contribution in [2.75, 3.05) is 13.1 Å². The summed E-state index contributed by atoms with van der Waals surface area (Å²) in [7, 11) is 2.71. The lowest BCUT2D eigenvalue weighted by Gasteiger charge is -2.00. The van der Waals surface area contributed by atoms with Crippen molar-refractivity contribution >= 4 is 31.3 Å². The largest absolute Gasteiger partial charge is 0.338 e. The van der Waals surface area contributed by atoms with E-state index in [9.17, 15) is 0 Å². The van der Waals surface area contributed by atoms with Gasteiger partial charge in [-0.3, -0.25) is 4.67 Å². The molecular weight excluding hydrogens is 333 g/mol. The Hall–Kier alpha value is -2.43. The number of fused-ring (bicyclic) bond motifs is 2.